The minimum atomic E-state index is -1.73. The monoisotopic (exact) mass is 512 g/mol. The highest BCUT2D eigenvalue weighted by atomic mass is 28.3. The Morgan fingerprint density at radius 2 is 1.46 bits per heavy atom. The maximum atomic E-state index is 9.86. The van der Waals surface area contributed by atoms with E-state index in [9.17, 15) is 5.11 Å². The highest BCUT2D eigenvalue weighted by molar-refractivity contribution is 6.82. The topological polar surface area (TPSA) is 50.2 Å². The van der Waals surface area contributed by atoms with Gasteiger partial charge in [0.15, 0.2) is 8.24 Å². The van der Waals surface area contributed by atoms with Gasteiger partial charge in [0.2, 0.25) is 0 Å². The lowest BCUT2D eigenvalue weighted by molar-refractivity contribution is 0.306. The van der Waals surface area contributed by atoms with Crippen LogP contribution in [0.25, 0.3) is 21.8 Å². The van der Waals surface area contributed by atoms with Crippen molar-refractivity contribution in [3.05, 3.63) is 96.8 Å². The van der Waals surface area contributed by atoms with Crippen LogP contribution < -0.4 is 4.74 Å². The number of nitrogens with one attached hydrogen (secondary N) is 1. The van der Waals surface area contributed by atoms with Crippen molar-refractivity contribution in [3.8, 4) is 11.5 Å². The molecule has 0 unspecified atom stereocenters. The smallest absolute Gasteiger partial charge is 0.169 e. The molecule has 2 N–H and O–H groups in total. The summed E-state index contributed by atoms with van der Waals surface area (Å²) < 4.78 is 8.28. The van der Waals surface area contributed by atoms with Crippen LogP contribution in [0.15, 0.2) is 91.3 Å². The van der Waals surface area contributed by atoms with Crippen molar-refractivity contribution < 1.29 is 9.84 Å². The summed E-state index contributed by atoms with van der Waals surface area (Å²) in [7, 11) is -1.73. The summed E-state index contributed by atoms with van der Waals surface area (Å²) in [5.41, 5.74) is 5.43. The Bertz CT molecular complexity index is 1410. The first-order chi connectivity index (χ1) is 17.7. The van der Waals surface area contributed by atoms with E-state index in [2.05, 4.69) is 87.3 Å². The molecule has 5 heteroatoms. The highest BCUT2D eigenvalue weighted by Crippen LogP contribution is 2.44. The van der Waals surface area contributed by atoms with Gasteiger partial charge in [-0.2, -0.15) is 0 Å². The average Bonchev–Trinajstić information content (AvgIpc) is 3.50. The van der Waals surface area contributed by atoms with E-state index in [-0.39, 0.29) is 0 Å². The highest BCUT2D eigenvalue weighted by Gasteiger charge is 2.45. The van der Waals surface area contributed by atoms with E-state index in [0.29, 0.717) is 29.0 Å². The number of nitrogens with zero attached hydrogens (tertiary/aromatic N) is 1. The third-order valence-electron chi connectivity index (χ3n) is 7.64. The number of hydrogen-bond donors (Lipinski definition) is 2. The molecule has 0 radical (unpaired) electrons. The zero-order valence-electron chi connectivity index (χ0n) is 22.9. The largest absolute Gasteiger partial charge is 0.508 e. The first-order valence-electron chi connectivity index (χ1n) is 13.3. The molecule has 0 saturated carbocycles. The summed E-state index contributed by atoms with van der Waals surface area (Å²) >= 11 is 0. The van der Waals surface area contributed by atoms with Crippen molar-refractivity contribution in [2.24, 2.45) is 0 Å². The molecule has 0 saturated heterocycles. The van der Waals surface area contributed by atoms with Crippen molar-refractivity contribution in [1.29, 1.82) is 0 Å². The Balaban J connectivity index is 0.000000175. The van der Waals surface area contributed by atoms with Crippen molar-refractivity contribution >= 4 is 30.0 Å². The SMILES string of the molecule is CC(C)[Si](C(C)C)(C(C)C)n1ccc2ccc(O)cc21.c1ccc(COc2ccc3cc[nH]c3c2)cc1. The van der Waals surface area contributed by atoms with Crippen LogP contribution in [0.2, 0.25) is 16.6 Å². The number of aromatic nitrogens is 2. The van der Waals surface area contributed by atoms with E-state index >= 15 is 0 Å². The summed E-state index contributed by atoms with van der Waals surface area (Å²) in [6, 6.07) is 26.2. The van der Waals surface area contributed by atoms with Crippen molar-refractivity contribution in [2.45, 2.75) is 64.8 Å². The normalized spacial score (nSPS) is 11.9. The summed E-state index contributed by atoms with van der Waals surface area (Å²) in [5, 5.41) is 12.3. The second-order valence-corrected chi connectivity index (χ2v) is 16.5. The van der Waals surface area contributed by atoms with Gasteiger partial charge in [-0.25, -0.2) is 0 Å². The molecule has 37 heavy (non-hydrogen) atoms. The number of H-pyrrole nitrogens is 1. The molecule has 3 aromatic carbocycles. The Hall–Kier alpha value is -3.44. The maximum Gasteiger partial charge on any atom is 0.169 e. The molecule has 0 bridgehead atoms. The standard InChI is InChI=1S/C17H27NOSi.C15H13NO/c1-12(2)20(13(3)4,14(5)6)18-10-9-15-7-8-16(19)11-17(15)18;1-2-4-12(5-3-1)11-17-14-7-6-13-8-9-16-15(13)10-14/h7-14,19H,1-6H3;1-10,16H,11H2. The van der Waals surface area contributed by atoms with Gasteiger partial charge in [-0.15, -0.1) is 0 Å². The Morgan fingerprint density at radius 3 is 2.14 bits per heavy atom. The Kier molecular flexibility index (Phi) is 8.13. The lowest BCUT2D eigenvalue weighted by Crippen LogP contribution is -2.51. The summed E-state index contributed by atoms with van der Waals surface area (Å²) in [6.45, 7) is 14.8. The molecule has 0 aliphatic rings. The summed E-state index contributed by atoms with van der Waals surface area (Å²) in [6.07, 6.45) is 4.18. The maximum absolute atomic E-state index is 9.86. The second kappa shape index (κ2) is 11.3. The molecule has 0 aliphatic carbocycles. The zero-order chi connectivity index (χ0) is 26.6. The van der Waals surface area contributed by atoms with Gasteiger partial charge < -0.3 is 19.1 Å². The van der Waals surface area contributed by atoms with Crippen LogP contribution in [0.3, 0.4) is 0 Å². The minimum absolute atomic E-state index is 0.358. The van der Waals surface area contributed by atoms with Crippen LogP contribution in [-0.2, 0) is 6.61 Å². The predicted octanol–water partition coefficient (Wildman–Crippen LogP) is 9.12. The fourth-order valence-electron chi connectivity index (χ4n) is 6.15. The number of aromatic hydroxyl groups is 1. The molecular formula is C32H40N2O2Si. The average molecular weight is 513 g/mol. The van der Waals surface area contributed by atoms with Gasteiger partial charge in [-0.1, -0.05) is 71.9 Å². The van der Waals surface area contributed by atoms with Crippen LogP contribution in [0.5, 0.6) is 11.5 Å². The molecule has 5 aromatic rings. The predicted molar refractivity (Wildman–Crippen MR) is 159 cm³/mol. The van der Waals surface area contributed by atoms with Crippen molar-refractivity contribution in [2.75, 3.05) is 0 Å². The van der Waals surface area contributed by atoms with Gasteiger partial charge in [0.05, 0.1) is 0 Å². The van der Waals surface area contributed by atoms with Gasteiger partial charge in [-0.05, 0) is 75.6 Å². The molecule has 0 fully saturated rings. The third-order valence-corrected chi connectivity index (χ3v) is 14.4. The third kappa shape index (κ3) is 5.47. The molecule has 0 atom stereocenters. The van der Waals surface area contributed by atoms with Gasteiger partial charge in [0.1, 0.15) is 18.1 Å². The van der Waals surface area contributed by atoms with Gasteiger partial charge in [0, 0.05) is 29.4 Å². The molecule has 0 amide bonds. The van der Waals surface area contributed by atoms with Crippen molar-refractivity contribution in [3.63, 3.8) is 0 Å². The van der Waals surface area contributed by atoms with Gasteiger partial charge >= 0.3 is 0 Å². The molecule has 194 valence electrons. The van der Waals surface area contributed by atoms with E-state index < -0.39 is 8.24 Å². The molecule has 0 aliphatic heterocycles. The summed E-state index contributed by atoms with van der Waals surface area (Å²) in [5.74, 6) is 1.25. The summed E-state index contributed by atoms with van der Waals surface area (Å²) in [4.78, 5) is 3.18. The number of ether oxygens (including phenoxy) is 1. The van der Waals surface area contributed by atoms with Crippen molar-refractivity contribution in [1.82, 2.24) is 9.22 Å². The first-order valence-corrected chi connectivity index (χ1v) is 15.5. The first kappa shape index (κ1) is 26.6. The molecule has 2 aromatic heterocycles. The molecular weight excluding hydrogens is 472 g/mol. The number of phenolic OH excluding ortho intramolecular Hbond substituents is 1. The van der Waals surface area contributed by atoms with Crippen LogP contribution in [0.4, 0.5) is 0 Å². The van der Waals surface area contributed by atoms with Crippen LogP contribution in [-0.4, -0.2) is 22.6 Å². The molecule has 5 rings (SSSR count). The van der Waals surface area contributed by atoms with Crippen LogP contribution >= 0.6 is 0 Å². The lowest BCUT2D eigenvalue weighted by Gasteiger charge is -2.44. The zero-order valence-corrected chi connectivity index (χ0v) is 23.9. The number of fused-ring (bicyclic) bond motifs is 2. The van der Waals surface area contributed by atoms with E-state index in [0.717, 1.165) is 11.3 Å². The number of hydrogen-bond acceptors (Lipinski definition) is 2. The van der Waals surface area contributed by atoms with Crippen LogP contribution in [0, 0.1) is 0 Å². The lowest BCUT2D eigenvalue weighted by atomic mass is 10.2. The number of rotatable bonds is 7. The second-order valence-electron chi connectivity index (χ2n) is 10.8. The Morgan fingerprint density at radius 1 is 0.784 bits per heavy atom. The van der Waals surface area contributed by atoms with E-state index in [4.69, 9.17) is 4.74 Å². The van der Waals surface area contributed by atoms with E-state index in [1.807, 2.05) is 48.7 Å². The fourth-order valence-corrected chi connectivity index (χ4v) is 12.8. The van der Waals surface area contributed by atoms with Gasteiger partial charge in [-0.3, -0.25) is 0 Å². The van der Waals surface area contributed by atoms with Crippen LogP contribution in [0.1, 0.15) is 47.1 Å². The fraction of sp³-hybridized carbons (Fsp3) is 0.312. The van der Waals surface area contributed by atoms with E-state index in [1.165, 1.54) is 21.9 Å². The molecule has 4 nitrogen and oxygen atoms in total. The number of aromatic amines is 1. The number of benzene rings is 3. The molecule has 0 spiro atoms. The number of phenols is 1. The minimum Gasteiger partial charge on any atom is -0.508 e. The quantitative estimate of drug-likeness (QED) is 0.214. The van der Waals surface area contributed by atoms with E-state index in [1.54, 1.807) is 6.07 Å². The Labute approximate surface area is 222 Å². The molecule has 2 heterocycles. The van der Waals surface area contributed by atoms with Gasteiger partial charge in [0.25, 0.3) is 0 Å².